The van der Waals surface area contributed by atoms with Crippen LogP contribution in [0.1, 0.15) is 17.3 Å². The lowest BCUT2D eigenvalue weighted by Crippen LogP contribution is -2.23. The van der Waals surface area contributed by atoms with E-state index in [1.54, 1.807) is 25.9 Å². The molecule has 0 aliphatic heterocycles. The van der Waals surface area contributed by atoms with Gasteiger partial charge >= 0.3 is 0 Å². The molecular formula is C13H19N3O3S. The summed E-state index contributed by atoms with van der Waals surface area (Å²) in [6, 6.07) is 4.46. The largest absolute Gasteiger partial charge is 0.376 e. The molecule has 0 fully saturated rings. The molecule has 0 saturated heterocycles. The van der Waals surface area contributed by atoms with E-state index in [4.69, 9.17) is 0 Å². The highest BCUT2D eigenvalue weighted by atomic mass is 32.2. The summed E-state index contributed by atoms with van der Waals surface area (Å²) in [4.78, 5) is 23.9. The number of rotatable bonds is 6. The van der Waals surface area contributed by atoms with Gasteiger partial charge in [-0.15, -0.1) is 0 Å². The van der Waals surface area contributed by atoms with E-state index in [-0.39, 0.29) is 17.6 Å². The Kier molecular flexibility index (Phi) is 5.82. The zero-order chi connectivity index (χ0) is 15.3. The van der Waals surface area contributed by atoms with E-state index < -0.39 is 4.92 Å². The van der Waals surface area contributed by atoms with Crippen LogP contribution in [0.2, 0.25) is 0 Å². The normalized spacial score (nSPS) is 11.8. The fourth-order valence-corrected chi connectivity index (χ4v) is 2.34. The van der Waals surface area contributed by atoms with Gasteiger partial charge in [-0.05, 0) is 25.3 Å². The maximum Gasteiger partial charge on any atom is 0.292 e. The van der Waals surface area contributed by atoms with Crippen molar-refractivity contribution in [1.82, 2.24) is 4.90 Å². The molecular weight excluding hydrogens is 278 g/mol. The van der Waals surface area contributed by atoms with Crippen LogP contribution in [0.25, 0.3) is 0 Å². The summed E-state index contributed by atoms with van der Waals surface area (Å²) < 4.78 is 0. The predicted octanol–water partition coefficient (Wildman–Crippen LogP) is 2.46. The number of hydrogen-bond donors (Lipinski definition) is 1. The molecule has 110 valence electrons. The van der Waals surface area contributed by atoms with Crippen molar-refractivity contribution in [1.29, 1.82) is 0 Å². The maximum atomic E-state index is 11.9. The van der Waals surface area contributed by atoms with Gasteiger partial charge < -0.3 is 10.2 Å². The molecule has 7 heteroatoms. The molecule has 0 heterocycles. The average molecular weight is 297 g/mol. The number of nitrogens with one attached hydrogen (secondary N) is 1. The van der Waals surface area contributed by atoms with Crippen LogP contribution in [0.15, 0.2) is 18.2 Å². The SMILES string of the molecule is CSCC(C)Nc1cc(C(=O)N(C)C)ccc1[N+](=O)[O-]. The van der Waals surface area contributed by atoms with Crippen molar-refractivity contribution in [2.45, 2.75) is 13.0 Å². The zero-order valence-electron chi connectivity index (χ0n) is 12.0. The molecule has 0 bridgehead atoms. The molecule has 1 unspecified atom stereocenters. The van der Waals surface area contributed by atoms with Gasteiger partial charge in [0.1, 0.15) is 5.69 Å². The number of carbonyl (C=O) groups excluding carboxylic acids is 1. The summed E-state index contributed by atoms with van der Waals surface area (Å²) in [5.41, 5.74) is 0.789. The molecule has 0 radical (unpaired) electrons. The van der Waals surface area contributed by atoms with Crippen LogP contribution in [-0.4, -0.2) is 47.9 Å². The molecule has 1 aromatic rings. The molecule has 0 aromatic heterocycles. The quantitative estimate of drug-likeness (QED) is 0.645. The fourth-order valence-electron chi connectivity index (χ4n) is 1.76. The summed E-state index contributed by atoms with van der Waals surface area (Å²) >= 11 is 1.65. The minimum Gasteiger partial charge on any atom is -0.376 e. The van der Waals surface area contributed by atoms with Gasteiger partial charge in [0, 0.05) is 37.5 Å². The Hall–Kier alpha value is -1.76. The molecule has 20 heavy (non-hydrogen) atoms. The third kappa shape index (κ3) is 4.12. The Balaban J connectivity index is 3.12. The maximum absolute atomic E-state index is 11.9. The zero-order valence-corrected chi connectivity index (χ0v) is 12.9. The Labute approximate surface area is 122 Å². The van der Waals surface area contributed by atoms with Crippen molar-refractivity contribution in [3.63, 3.8) is 0 Å². The molecule has 1 aromatic carbocycles. The van der Waals surface area contributed by atoms with E-state index in [2.05, 4.69) is 5.32 Å². The van der Waals surface area contributed by atoms with E-state index >= 15 is 0 Å². The molecule has 0 aliphatic rings. The van der Waals surface area contributed by atoms with E-state index in [1.807, 2.05) is 13.2 Å². The van der Waals surface area contributed by atoms with Crippen LogP contribution >= 0.6 is 11.8 Å². The first kappa shape index (κ1) is 16.3. The van der Waals surface area contributed by atoms with Gasteiger partial charge in [0.25, 0.3) is 11.6 Å². The Bertz CT molecular complexity index is 506. The van der Waals surface area contributed by atoms with E-state index in [0.717, 1.165) is 5.75 Å². The van der Waals surface area contributed by atoms with Crippen molar-refractivity contribution in [2.24, 2.45) is 0 Å². The first-order valence-corrected chi connectivity index (χ1v) is 7.51. The monoisotopic (exact) mass is 297 g/mol. The summed E-state index contributed by atoms with van der Waals surface area (Å²) in [6.07, 6.45) is 1.97. The molecule has 0 spiro atoms. The second-order valence-corrected chi connectivity index (χ2v) is 5.60. The number of carbonyl (C=O) groups is 1. The number of hydrogen-bond acceptors (Lipinski definition) is 5. The minimum atomic E-state index is -0.446. The smallest absolute Gasteiger partial charge is 0.292 e. The van der Waals surface area contributed by atoms with Crippen molar-refractivity contribution < 1.29 is 9.72 Å². The highest BCUT2D eigenvalue weighted by Crippen LogP contribution is 2.27. The van der Waals surface area contributed by atoms with Gasteiger partial charge in [0.15, 0.2) is 0 Å². The number of thioether (sulfide) groups is 1. The highest BCUT2D eigenvalue weighted by molar-refractivity contribution is 7.98. The summed E-state index contributed by atoms with van der Waals surface area (Å²) in [5, 5.41) is 14.1. The van der Waals surface area contributed by atoms with E-state index in [9.17, 15) is 14.9 Å². The minimum absolute atomic E-state index is 0.0201. The summed E-state index contributed by atoms with van der Waals surface area (Å²) in [7, 11) is 3.29. The van der Waals surface area contributed by atoms with Gasteiger partial charge in [-0.25, -0.2) is 0 Å². The molecule has 1 rings (SSSR count). The van der Waals surface area contributed by atoms with Crippen LogP contribution in [0, 0.1) is 10.1 Å². The predicted molar refractivity (Wildman–Crippen MR) is 82.6 cm³/mol. The van der Waals surface area contributed by atoms with Gasteiger partial charge in [0.05, 0.1) is 4.92 Å². The fraction of sp³-hybridized carbons (Fsp3) is 0.462. The third-order valence-electron chi connectivity index (χ3n) is 2.66. The Morgan fingerprint density at radius 1 is 1.50 bits per heavy atom. The van der Waals surface area contributed by atoms with Crippen LogP contribution < -0.4 is 5.32 Å². The van der Waals surface area contributed by atoms with Crippen LogP contribution in [-0.2, 0) is 0 Å². The molecule has 0 aliphatic carbocycles. The number of amides is 1. The number of nitro groups is 1. The van der Waals surface area contributed by atoms with Gasteiger partial charge in [0.2, 0.25) is 0 Å². The first-order chi connectivity index (χ1) is 9.36. The van der Waals surface area contributed by atoms with Crippen LogP contribution in [0.3, 0.4) is 0 Å². The number of benzene rings is 1. The third-order valence-corrected chi connectivity index (χ3v) is 3.50. The van der Waals surface area contributed by atoms with Gasteiger partial charge in [-0.3, -0.25) is 14.9 Å². The number of anilines is 1. The van der Waals surface area contributed by atoms with Gasteiger partial charge in [-0.2, -0.15) is 11.8 Å². The molecule has 6 nitrogen and oxygen atoms in total. The van der Waals surface area contributed by atoms with E-state index in [0.29, 0.717) is 11.3 Å². The molecule has 1 atom stereocenters. The Morgan fingerprint density at radius 2 is 2.15 bits per heavy atom. The van der Waals surface area contributed by atoms with Crippen molar-refractivity contribution in [3.8, 4) is 0 Å². The summed E-state index contributed by atoms with van der Waals surface area (Å²) in [6.45, 7) is 1.95. The van der Waals surface area contributed by atoms with Gasteiger partial charge in [-0.1, -0.05) is 0 Å². The topological polar surface area (TPSA) is 75.5 Å². The Morgan fingerprint density at radius 3 is 2.65 bits per heavy atom. The lowest BCUT2D eigenvalue weighted by Gasteiger charge is -2.16. The lowest BCUT2D eigenvalue weighted by molar-refractivity contribution is -0.384. The number of nitro benzene ring substituents is 1. The van der Waals surface area contributed by atoms with E-state index in [1.165, 1.54) is 23.1 Å². The molecule has 1 amide bonds. The standard InChI is InChI=1S/C13H19N3O3S/c1-9(8-20-4)14-11-7-10(13(17)15(2)3)5-6-12(11)16(18)19/h5-7,9,14H,8H2,1-4H3. The second-order valence-electron chi connectivity index (χ2n) is 4.69. The second kappa shape index (κ2) is 7.14. The lowest BCUT2D eigenvalue weighted by atomic mass is 10.1. The van der Waals surface area contributed by atoms with Crippen molar-refractivity contribution in [3.05, 3.63) is 33.9 Å². The van der Waals surface area contributed by atoms with Crippen LogP contribution in [0.5, 0.6) is 0 Å². The highest BCUT2D eigenvalue weighted by Gasteiger charge is 2.18. The van der Waals surface area contributed by atoms with Crippen molar-refractivity contribution >= 4 is 29.0 Å². The average Bonchev–Trinajstić information content (AvgIpc) is 2.37. The number of nitrogens with zero attached hydrogens (tertiary/aromatic N) is 2. The summed E-state index contributed by atoms with van der Waals surface area (Å²) in [5.74, 6) is 0.642. The van der Waals surface area contributed by atoms with Crippen LogP contribution in [0.4, 0.5) is 11.4 Å². The molecule has 1 N–H and O–H groups in total. The molecule has 0 saturated carbocycles. The first-order valence-electron chi connectivity index (χ1n) is 6.12. The van der Waals surface area contributed by atoms with Crippen molar-refractivity contribution in [2.75, 3.05) is 31.4 Å².